The molecule has 1 aliphatic rings. The first kappa shape index (κ1) is 21.8. The average Bonchev–Trinajstić information content (AvgIpc) is 2.83. The molecule has 168 valence electrons. The largest absolute Gasteiger partial charge is 0.497 e. The van der Waals surface area contributed by atoms with E-state index >= 15 is 0 Å². The molecule has 6 heteroatoms. The normalized spacial score (nSPS) is 16.1. The molecule has 0 amide bonds. The summed E-state index contributed by atoms with van der Waals surface area (Å²) in [6.07, 6.45) is 0. The number of hydrogen-bond acceptors (Lipinski definition) is 6. The van der Waals surface area contributed by atoms with Gasteiger partial charge in [-0.1, -0.05) is 12.1 Å². The fraction of sp³-hybridized carbons (Fsp3) is 0.346. The lowest BCUT2D eigenvalue weighted by Gasteiger charge is -2.42. The number of hydrogen-bond donors (Lipinski definition) is 0. The van der Waals surface area contributed by atoms with Crippen LogP contribution in [0.3, 0.4) is 0 Å². The molecule has 0 N–H and O–H groups in total. The highest BCUT2D eigenvalue weighted by Crippen LogP contribution is 2.34. The zero-order valence-electron chi connectivity index (χ0n) is 19.6. The first-order valence-electron chi connectivity index (χ1n) is 11.0. The third-order valence-corrected chi connectivity index (χ3v) is 6.09. The average molecular weight is 433 g/mol. The maximum absolute atomic E-state index is 5.44. The number of aromatic nitrogens is 1. The molecule has 6 nitrogen and oxygen atoms in total. The second-order valence-corrected chi connectivity index (χ2v) is 8.35. The lowest BCUT2D eigenvalue weighted by molar-refractivity contribution is 0.398. The third kappa shape index (κ3) is 4.44. The van der Waals surface area contributed by atoms with Crippen LogP contribution in [0.25, 0.3) is 11.3 Å². The van der Waals surface area contributed by atoms with E-state index in [1.807, 2.05) is 32.3 Å². The SMILES string of the molecule is COc1ccc(N2CCN(c3ccc(OC)nc3-c3ccc(N(C)C)cc3)CC2C)cc1. The molecule has 0 aliphatic carbocycles. The second kappa shape index (κ2) is 9.39. The van der Waals surface area contributed by atoms with Crippen LogP contribution in [0.5, 0.6) is 11.6 Å². The van der Waals surface area contributed by atoms with Crippen molar-refractivity contribution >= 4 is 17.1 Å². The van der Waals surface area contributed by atoms with E-state index in [1.165, 1.54) is 11.4 Å². The molecule has 4 rings (SSSR count). The topological polar surface area (TPSA) is 41.1 Å². The summed E-state index contributed by atoms with van der Waals surface area (Å²) in [5.41, 5.74) is 5.59. The van der Waals surface area contributed by atoms with Crippen molar-refractivity contribution in [2.75, 3.05) is 62.6 Å². The van der Waals surface area contributed by atoms with Gasteiger partial charge in [-0.25, -0.2) is 4.98 Å². The molecular weight excluding hydrogens is 400 g/mol. The van der Waals surface area contributed by atoms with E-state index < -0.39 is 0 Å². The van der Waals surface area contributed by atoms with Crippen molar-refractivity contribution in [3.05, 3.63) is 60.7 Å². The third-order valence-electron chi connectivity index (χ3n) is 6.09. The van der Waals surface area contributed by atoms with Gasteiger partial charge < -0.3 is 24.2 Å². The maximum Gasteiger partial charge on any atom is 0.213 e. The number of nitrogens with zero attached hydrogens (tertiary/aromatic N) is 4. The molecule has 0 saturated carbocycles. The van der Waals surface area contributed by atoms with Crippen LogP contribution in [-0.2, 0) is 0 Å². The highest BCUT2D eigenvalue weighted by atomic mass is 16.5. The highest BCUT2D eigenvalue weighted by Gasteiger charge is 2.26. The number of methoxy groups -OCH3 is 2. The van der Waals surface area contributed by atoms with Crippen LogP contribution in [0.2, 0.25) is 0 Å². The van der Waals surface area contributed by atoms with Gasteiger partial charge in [0, 0.05) is 62.8 Å². The number of piperazine rings is 1. The van der Waals surface area contributed by atoms with Gasteiger partial charge in [-0.15, -0.1) is 0 Å². The van der Waals surface area contributed by atoms with Crippen molar-refractivity contribution in [1.29, 1.82) is 0 Å². The van der Waals surface area contributed by atoms with Gasteiger partial charge in [-0.05, 0) is 49.4 Å². The first-order chi connectivity index (χ1) is 15.5. The van der Waals surface area contributed by atoms with E-state index in [9.17, 15) is 0 Å². The van der Waals surface area contributed by atoms with Gasteiger partial charge in [0.25, 0.3) is 0 Å². The van der Waals surface area contributed by atoms with E-state index in [-0.39, 0.29) is 0 Å². The first-order valence-corrected chi connectivity index (χ1v) is 11.0. The molecule has 2 aromatic carbocycles. The minimum absolute atomic E-state index is 0.364. The molecule has 0 spiro atoms. The van der Waals surface area contributed by atoms with Crippen molar-refractivity contribution in [3.8, 4) is 22.9 Å². The van der Waals surface area contributed by atoms with Gasteiger partial charge in [0.1, 0.15) is 5.75 Å². The van der Waals surface area contributed by atoms with Crippen molar-refractivity contribution in [1.82, 2.24) is 4.98 Å². The van der Waals surface area contributed by atoms with Crippen LogP contribution in [0.4, 0.5) is 17.1 Å². The molecule has 0 radical (unpaired) electrons. The predicted molar refractivity (Wildman–Crippen MR) is 133 cm³/mol. The quantitative estimate of drug-likeness (QED) is 0.569. The minimum atomic E-state index is 0.364. The lowest BCUT2D eigenvalue weighted by atomic mass is 10.1. The molecule has 1 fully saturated rings. The summed E-state index contributed by atoms with van der Waals surface area (Å²) in [5, 5.41) is 0. The molecule has 2 heterocycles. The summed E-state index contributed by atoms with van der Waals surface area (Å²) in [6.45, 7) is 5.06. The Kier molecular flexibility index (Phi) is 6.40. The standard InChI is InChI=1S/C26H32N4O2/c1-19-18-29(16-17-30(19)22-10-12-23(31-4)13-11-22)24-14-15-25(32-5)27-26(24)20-6-8-21(9-7-20)28(2)3/h6-15,19H,16-18H2,1-5H3. The number of rotatable bonds is 6. The Hall–Kier alpha value is -3.41. The van der Waals surface area contributed by atoms with Crippen LogP contribution in [0, 0.1) is 0 Å². The molecule has 1 atom stereocenters. The molecule has 0 bridgehead atoms. The Morgan fingerprint density at radius 1 is 0.875 bits per heavy atom. The van der Waals surface area contributed by atoms with Crippen LogP contribution < -0.4 is 24.2 Å². The van der Waals surface area contributed by atoms with Gasteiger partial charge in [0.05, 0.1) is 25.6 Å². The summed E-state index contributed by atoms with van der Waals surface area (Å²) >= 11 is 0. The van der Waals surface area contributed by atoms with Crippen LogP contribution in [-0.4, -0.2) is 59.0 Å². The van der Waals surface area contributed by atoms with Gasteiger partial charge in [-0.2, -0.15) is 0 Å². The van der Waals surface area contributed by atoms with E-state index in [2.05, 4.69) is 64.1 Å². The fourth-order valence-corrected chi connectivity index (χ4v) is 4.27. The van der Waals surface area contributed by atoms with Gasteiger partial charge in [-0.3, -0.25) is 0 Å². The minimum Gasteiger partial charge on any atom is -0.497 e. The van der Waals surface area contributed by atoms with Crippen LogP contribution in [0.15, 0.2) is 60.7 Å². The lowest BCUT2D eigenvalue weighted by Crippen LogP contribution is -2.52. The van der Waals surface area contributed by atoms with Crippen LogP contribution >= 0.6 is 0 Å². The molecule has 32 heavy (non-hydrogen) atoms. The summed E-state index contributed by atoms with van der Waals surface area (Å²) in [5.74, 6) is 1.51. The molecular formula is C26H32N4O2. The van der Waals surface area contributed by atoms with E-state index in [4.69, 9.17) is 14.5 Å². The molecule has 1 aliphatic heterocycles. The van der Waals surface area contributed by atoms with Crippen molar-refractivity contribution in [2.45, 2.75) is 13.0 Å². The van der Waals surface area contributed by atoms with Crippen molar-refractivity contribution in [2.24, 2.45) is 0 Å². The zero-order chi connectivity index (χ0) is 22.7. The molecule has 3 aromatic rings. The van der Waals surface area contributed by atoms with E-state index in [0.29, 0.717) is 11.9 Å². The zero-order valence-corrected chi connectivity index (χ0v) is 19.6. The predicted octanol–water partition coefficient (Wildman–Crippen LogP) is 4.55. The summed E-state index contributed by atoms with van der Waals surface area (Å²) < 4.78 is 10.7. The summed E-state index contributed by atoms with van der Waals surface area (Å²) in [4.78, 5) is 11.8. The number of ether oxygens (including phenoxy) is 2. The second-order valence-electron chi connectivity index (χ2n) is 8.35. The monoisotopic (exact) mass is 432 g/mol. The van der Waals surface area contributed by atoms with Gasteiger partial charge in [0.15, 0.2) is 0 Å². The Morgan fingerprint density at radius 2 is 1.59 bits per heavy atom. The maximum atomic E-state index is 5.44. The Bertz CT molecular complexity index is 1030. The van der Waals surface area contributed by atoms with Crippen LogP contribution in [0.1, 0.15) is 6.92 Å². The molecule has 1 aromatic heterocycles. The van der Waals surface area contributed by atoms with Gasteiger partial charge in [0.2, 0.25) is 5.88 Å². The highest BCUT2D eigenvalue weighted by molar-refractivity contribution is 5.77. The smallest absolute Gasteiger partial charge is 0.213 e. The molecule has 1 unspecified atom stereocenters. The fourth-order valence-electron chi connectivity index (χ4n) is 4.27. The van der Waals surface area contributed by atoms with Crippen molar-refractivity contribution < 1.29 is 9.47 Å². The Morgan fingerprint density at radius 3 is 2.19 bits per heavy atom. The molecule has 1 saturated heterocycles. The number of pyridine rings is 1. The van der Waals surface area contributed by atoms with E-state index in [1.54, 1.807) is 14.2 Å². The number of anilines is 3. The van der Waals surface area contributed by atoms with E-state index in [0.717, 1.165) is 42.3 Å². The Balaban J connectivity index is 1.59. The Labute approximate surface area is 191 Å². The van der Waals surface area contributed by atoms with Crippen molar-refractivity contribution in [3.63, 3.8) is 0 Å². The summed E-state index contributed by atoms with van der Waals surface area (Å²) in [7, 11) is 7.46. The summed E-state index contributed by atoms with van der Waals surface area (Å²) in [6, 6.07) is 21.3. The van der Waals surface area contributed by atoms with Gasteiger partial charge >= 0.3 is 0 Å². The number of benzene rings is 2.